The molecule has 0 aromatic carbocycles. The average Bonchev–Trinajstić information content (AvgIpc) is 2.93. The summed E-state index contributed by atoms with van der Waals surface area (Å²) >= 11 is 0. The van der Waals surface area contributed by atoms with Crippen LogP contribution in [0.4, 0.5) is 10.6 Å². The summed E-state index contributed by atoms with van der Waals surface area (Å²) < 4.78 is 7.58. The fraction of sp³-hybridized carbons (Fsp3) is 0.588. The molecule has 1 aliphatic heterocycles. The Labute approximate surface area is 140 Å². The lowest BCUT2D eigenvalue weighted by molar-refractivity contribution is -0.142. The fourth-order valence-corrected chi connectivity index (χ4v) is 3.73. The molecule has 3 heterocycles. The SMILES string of the molecule is Cc1cc2nccc(NC(=O)NCC3CCOC4(CCC4)C3)n2n1. The Morgan fingerprint density at radius 1 is 1.50 bits per heavy atom. The van der Waals surface area contributed by atoms with Gasteiger partial charge in [-0.2, -0.15) is 9.61 Å². The molecular formula is C17H23N5O2. The van der Waals surface area contributed by atoms with Crippen LogP contribution in [0.3, 0.4) is 0 Å². The Morgan fingerprint density at radius 2 is 2.38 bits per heavy atom. The monoisotopic (exact) mass is 329 g/mol. The Morgan fingerprint density at radius 3 is 3.17 bits per heavy atom. The number of aromatic nitrogens is 3. The third kappa shape index (κ3) is 2.96. The summed E-state index contributed by atoms with van der Waals surface area (Å²) in [6, 6.07) is 3.42. The number of carbonyl (C=O) groups excluding carboxylic acids is 1. The number of aryl methyl sites for hydroxylation is 1. The van der Waals surface area contributed by atoms with Gasteiger partial charge in [0.15, 0.2) is 5.65 Å². The summed E-state index contributed by atoms with van der Waals surface area (Å²) in [7, 11) is 0. The molecule has 2 fully saturated rings. The van der Waals surface area contributed by atoms with E-state index >= 15 is 0 Å². The zero-order valence-electron chi connectivity index (χ0n) is 13.9. The number of amides is 2. The minimum atomic E-state index is -0.204. The van der Waals surface area contributed by atoms with Crippen LogP contribution in [-0.4, -0.2) is 39.4 Å². The zero-order valence-corrected chi connectivity index (χ0v) is 13.9. The van der Waals surface area contributed by atoms with E-state index in [0.29, 0.717) is 18.3 Å². The molecule has 1 aliphatic carbocycles. The molecule has 4 rings (SSSR count). The summed E-state index contributed by atoms with van der Waals surface area (Å²) in [6.07, 6.45) is 7.35. The van der Waals surface area contributed by atoms with Gasteiger partial charge in [0, 0.05) is 25.4 Å². The van der Waals surface area contributed by atoms with Crippen molar-refractivity contribution in [2.75, 3.05) is 18.5 Å². The van der Waals surface area contributed by atoms with Crippen LogP contribution in [0, 0.1) is 12.8 Å². The molecular weight excluding hydrogens is 306 g/mol. The number of urea groups is 1. The van der Waals surface area contributed by atoms with Gasteiger partial charge in [0.2, 0.25) is 0 Å². The van der Waals surface area contributed by atoms with Crippen LogP contribution < -0.4 is 10.6 Å². The first-order valence-electron chi connectivity index (χ1n) is 8.64. The van der Waals surface area contributed by atoms with Gasteiger partial charge in [-0.25, -0.2) is 9.78 Å². The lowest BCUT2D eigenvalue weighted by Gasteiger charge is -2.47. The van der Waals surface area contributed by atoms with Gasteiger partial charge in [0.05, 0.1) is 11.3 Å². The Kier molecular flexibility index (Phi) is 3.88. The highest BCUT2D eigenvalue weighted by molar-refractivity contribution is 5.88. The number of rotatable bonds is 3. The Balaban J connectivity index is 1.34. The molecule has 1 saturated carbocycles. The van der Waals surface area contributed by atoms with Crippen LogP contribution in [-0.2, 0) is 4.74 Å². The van der Waals surface area contributed by atoms with Gasteiger partial charge in [-0.05, 0) is 51.0 Å². The van der Waals surface area contributed by atoms with Crippen LogP contribution in [0.15, 0.2) is 18.3 Å². The standard InChI is InChI=1S/C17H23N5O2/c1-12-9-15-18-7-3-14(22(15)21-12)20-16(23)19-11-13-4-8-24-17(10-13)5-2-6-17/h3,7,9,13H,2,4-6,8,10-11H2,1H3,(H2,19,20,23). The molecule has 7 heteroatoms. The Hall–Kier alpha value is -2.15. The predicted molar refractivity (Wildman–Crippen MR) is 90.0 cm³/mol. The van der Waals surface area contributed by atoms with Crippen molar-refractivity contribution in [2.45, 2.75) is 44.6 Å². The number of carbonyl (C=O) groups is 1. The Bertz CT molecular complexity index is 753. The van der Waals surface area contributed by atoms with E-state index in [-0.39, 0.29) is 11.6 Å². The van der Waals surface area contributed by atoms with E-state index in [9.17, 15) is 4.79 Å². The lowest BCUT2D eigenvalue weighted by Crippen LogP contribution is -2.48. The van der Waals surface area contributed by atoms with Crippen molar-refractivity contribution in [3.63, 3.8) is 0 Å². The van der Waals surface area contributed by atoms with E-state index in [4.69, 9.17) is 4.74 Å². The number of nitrogens with zero attached hydrogens (tertiary/aromatic N) is 3. The minimum absolute atomic E-state index is 0.116. The van der Waals surface area contributed by atoms with Gasteiger partial charge in [0.1, 0.15) is 5.82 Å². The number of anilines is 1. The van der Waals surface area contributed by atoms with Gasteiger partial charge in [-0.3, -0.25) is 5.32 Å². The minimum Gasteiger partial charge on any atom is -0.375 e. The summed E-state index contributed by atoms with van der Waals surface area (Å²) in [5.41, 5.74) is 1.71. The smallest absolute Gasteiger partial charge is 0.320 e. The predicted octanol–water partition coefficient (Wildman–Crippen LogP) is 2.51. The van der Waals surface area contributed by atoms with Crippen molar-refractivity contribution < 1.29 is 9.53 Å². The first-order valence-corrected chi connectivity index (χ1v) is 8.64. The first-order chi connectivity index (χ1) is 11.6. The molecule has 128 valence electrons. The average molecular weight is 329 g/mol. The molecule has 7 nitrogen and oxygen atoms in total. The second kappa shape index (κ2) is 6.05. The summed E-state index contributed by atoms with van der Waals surface area (Å²) in [6.45, 7) is 3.40. The lowest BCUT2D eigenvalue weighted by atomic mass is 9.72. The molecule has 2 aromatic heterocycles. The second-order valence-corrected chi connectivity index (χ2v) is 6.96. The quantitative estimate of drug-likeness (QED) is 0.907. The second-order valence-electron chi connectivity index (χ2n) is 6.96. The van der Waals surface area contributed by atoms with Gasteiger partial charge >= 0.3 is 6.03 Å². The van der Waals surface area contributed by atoms with Crippen LogP contribution in [0.1, 0.15) is 37.8 Å². The maximum Gasteiger partial charge on any atom is 0.320 e. The van der Waals surface area contributed by atoms with E-state index in [0.717, 1.165) is 30.8 Å². The van der Waals surface area contributed by atoms with Crippen molar-refractivity contribution in [2.24, 2.45) is 5.92 Å². The van der Waals surface area contributed by atoms with Crippen molar-refractivity contribution in [3.8, 4) is 0 Å². The molecule has 1 saturated heterocycles. The maximum absolute atomic E-state index is 12.2. The molecule has 0 bridgehead atoms. The normalized spacial score (nSPS) is 22.3. The van der Waals surface area contributed by atoms with Crippen molar-refractivity contribution in [3.05, 3.63) is 24.0 Å². The van der Waals surface area contributed by atoms with Crippen LogP contribution >= 0.6 is 0 Å². The summed E-state index contributed by atoms with van der Waals surface area (Å²) in [5.74, 6) is 1.11. The number of hydrogen-bond acceptors (Lipinski definition) is 4. The molecule has 1 unspecified atom stereocenters. The third-order valence-electron chi connectivity index (χ3n) is 5.13. The van der Waals surface area contributed by atoms with E-state index in [1.807, 2.05) is 13.0 Å². The summed E-state index contributed by atoms with van der Waals surface area (Å²) in [5, 5.41) is 10.2. The molecule has 2 aromatic rings. The van der Waals surface area contributed by atoms with Gasteiger partial charge in [0.25, 0.3) is 0 Å². The van der Waals surface area contributed by atoms with E-state index in [2.05, 4.69) is 20.7 Å². The number of fused-ring (bicyclic) bond motifs is 1. The molecule has 2 aliphatic rings. The number of nitrogens with one attached hydrogen (secondary N) is 2. The van der Waals surface area contributed by atoms with Crippen LogP contribution in [0.5, 0.6) is 0 Å². The topological polar surface area (TPSA) is 80.5 Å². The number of ether oxygens (including phenoxy) is 1. The molecule has 2 amide bonds. The van der Waals surface area contributed by atoms with Crippen LogP contribution in [0.2, 0.25) is 0 Å². The number of hydrogen-bond donors (Lipinski definition) is 2. The van der Waals surface area contributed by atoms with E-state index in [1.54, 1.807) is 16.8 Å². The summed E-state index contributed by atoms with van der Waals surface area (Å²) in [4.78, 5) is 16.5. The molecule has 0 radical (unpaired) electrons. The maximum atomic E-state index is 12.2. The molecule has 2 N–H and O–H groups in total. The molecule has 24 heavy (non-hydrogen) atoms. The fourth-order valence-electron chi connectivity index (χ4n) is 3.73. The largest absolute Gasteiger partial charge is 0.375 e. The van der Waals surface area contributed by atoms with Crippen molar-refractivity contribution >= 4 is 17.5 Å². The van der Waals surface area contributed by atoms with E-state index < -0.39 is 0 Å². The highest BCUT2D eigenvalue weighted by Crippen LogP contribution is 2.43. The molecule has 1 spiro atoms. The molecule has 1 atom stereocenters. The first kappa shape index (κ1) is 15.4. The third-order valence-corrected chi connectivity index (χ3v) is 5.13. The van der Waals surface area contributed by atoms with Crippen molar-refractivity contribution in [1.82, 2.24) is 19.9 Å². The van der Waals surface area contributed by atoms with E-state index in [1.165, 1.54) is 19.3 Å². The van der Waals surface area contributed by atoms with Crippen molar-refractivity contribution in [1.29, 1.82) is 0 Å². The highest BCUT2D eigenvalue weighted by Gasteiger charge is 2.42. The van der Waals surface area contributed by atoms with Crippen LogP contribution in [0.25, 0.3) is 5.65 Å². The highest BCUT2D eigenvalue weighted by atomic mass is 16.5. The zero-order chi connectivity index (χ0) is 16.6. The van der Waals surface area contributed by atoms with Gasteiger partial charge in [-0.1, -0.05) is 0 Å². The van der Waals surface area contributed by atoms with Gasteiger partial charge < -0.3 is 10.1 Å². The van der Waals surface area contributed by atoms with Gasteiger partial charge in [-0.15, -0.1) is 0 Å².